The Morgan fingerprint density at radius 3 is 2.25 bits per heavy atom. The summed E-state index contributed by atoms with van der Waals surface area (Å²) < 4.78 is 29.5. The molecule has 0 amide bonds. The number of hydrogen-bond donors (Lipinski definition) is 0. The molecule has 1 atom stereocenters. The maximum atomic E-state index is 11.9. The predicted molar refractivity (Wildman–Crippen MR) is 73.6 cm³/mol. The minimum atomic E-state index is -3.07. The number of methoxy groups -OCH3 is 1. The minimum absolute atomic E-state index is 0.0639. The van der Waals surface area contributed by atoms with Gasteiger partial charge in [0, 0.05) is 32.2 Å². The van der Waals surface area contributed by atoms with Crippen LogP contribution in [0.5, 0.6) is 0 Å². The number of piperazine rings is 1. The summed E-state index contributed by atoms with van der Waals surface area (Å²) in [6, 6.07) is 0.427. The second-order valence-corrected chi connectivity index (χ2v) is 8.39. The molecule has 1 unspecified atom stereocenters. The van der Waals surface area contributed by atoms with Crippen molar-refractivity contribution in [1.82, 2.24) is 9.21 Å². The van der Waals surface area contributed by atoms with Gasteiger partial charge in [-0.15, -0.1) is 0 Å². The van der Waals surface area contributed by atoms with Crippen LogP contribution in [0.4, 0.5) is 0 Å². The molecule has 3 aliphatic carbocycles. The number of nitrogens with zero attached hydrogens (tertiary/aromatic N) is 2. The molecule has 0 N–H and O–H groups in total. The van der Waals surface area contributed by atoms with Crippen LogP contribution in [-0.4, -0.2) is 69.2 Å². The summed E-state index contributed by atoms with van der Waals surface area (Å²) in [4.78, 5) is 14.2. The fraction of sp³-hybridized carbons (Fsp3) is 0.923. The van der Waals surface area contributed by atoms with Crippen molar-refractivity contribution in [2.45, 2.75) is 25.3 Å². The SMILES string of the molecule is COC(=O)C12CC(C1)C(N1CCN(S(C)(=O)=O)CC1)C2. The van der Waals surface area contributed by atoms with Gasteiger partial charge in [0.25, 0.3) is 0 Å². The van der Waals surface area contributed by atoms with Gasteiger partial charge in [-0.1, -0.05) is 0 Å². The lowest BCUT2D eigenvalue weighted by Crippen LogP contribution is -2.52. The molecular weight excluding hydrogens is 280 g/mol. The molecular formula is C13H22N2O4S. The van der Waals surface area contributed by atoms with E-state index >= 15 is 0 Å². The summed E-state index contributed by atoms with van der Waals surface area (Å²) >= 11 is 0. The highest BCUT2D eigenvalue weighted by Gasteiger charge is 2.62. The Morgan fingerprint density at radius 1 is 1.15 bits per heavy atom. The average Bonchev–Trinajstić information content (AvgIpc) is 2.92. The quantitative estimate of drug-likeness (QED) is 0.681. The van der Waals surface area contributed by atoms with Gasteiger partial charge in [0.15, 0.2) is 0 Å². The summed E-state index contributed by atoms with van der Waals surface area (Å²) in [5.41, 5.74) is -0.238. The standard InChI is InChI=1S/C13H22N2O4S/c1-19-12(16)13-7-10(8-13)11(9-13)14-3-5-15(6-4-14)20(2,17)18/h10-11H,3-9H2,1-2H3. The van der Waals surface area contributed by atoms with Gasteiger partial charge in [0.05, 0.1) is 18.8 Å². The average molecular weight is 302 g/mol. The van der Waals surface area contributed by atoms with Crippen molar-refractivity contribution in [2.75, 3.05) is 39.5 Å². The van der Waals surface area contributed by atoms with Crippen molar-refractivity contribution in [3.63, 3.8) is 0 Å². The first-order valence-electron chi connectivity index (χ1n) is 7.13. The lowest BCUT2D eigenvalue weighted by molar-refractivity contribution is -0.157. The fourth-order valence-electron chi connectivity index (χ4n) is 4.21. The zero-order valence-corrected chi connectivity index (χ0v) is 12.9. The maximum Gasteiger partial charge on any atom is 0.311 e. The summed E-state index contributed by atoms with van der Waals surface area (Å²) in [5, 5.41) is 0. The Morgan fingerprint density at radius 2 is 1.75 bits per heavy atom. The Labute approximate surface area is 120 Å². The maximum absolute atomic E-state index is 11.9. The lowest BCUT2D eigenvalue weighted by atomic mass is 9.69. The van der Waals surface area contributed by atoms with Crippen molar-refractivity contribution in [3.05, 3.63) is 0 Å². The second-order valence-electron chi connectivity index (χ2n) is 6.41. The molecule has 2 bridgehead atoms. The van der Waals surface area contributed by atoms with Gasteiger partial charge < -0.3 is 4.74 Å². The molecule has 1 heterocycles. The van der Waals surface area contributed by atoms with Crippen LogP contribution in [0, 0.1) is 11.3 Å². The molecule has 0 spiro atoms. The molecule has 114 valence electrons. The third kappa shape index (κ3) is 2.16. The van der Waals surface area contributed by atoms with Gasteiger partial charge in [0.2, 0.25) is 10.0 Å². The van der Waals surface area contributed by atoms with Crippen LogP contribution in [0.3, 0.4) is 0 Å². The molecule has 6 nitrogen and oxygen atoms in total. The van der Waals surface area contributed by atoms with Crippen molar-refractivity contribution in [2.24, 2.45) is 11.3 Å². The van der Waals surface area contributed by atoms with Crippen molar-refractivity contribution in [1.29, 1.82) is 0 Å². The second kappa shape index (κ2) is 4.68. The molecule has 0 aromatic carbocycles. The third-order valence-corrected chi connectivity index (χ3v) is 6.58. The molecule has 4 aliphatic rings. The number of carbonyl (C=O) groups excluding carboxylic acids is 1. The first-order chi connectivity index (χ1) is 9.36. The minimum Gasteiger partial charge on any atom is -0.469 e. The van der Waals surface area contributed by atoms with Gasteiger partial charge in [-0.25, -0.2) is 8.42 Å². The predicted octanol–water partition coefficient (Wildman–Crippen LogP) is -0.0947. The topological polar surface area (TPSA) is 66.9 Å². The van der Waals surface area contributed by atoms with Crippen LogP contribution in [0.1, 0.15) is 19.3 Å². The van der Waals surface area contributed by atoms with E-state index in [-0.39, 0.29) is 11.4 Å². The van der Waals surface area contributed by atoms with E-state index in [0.29, 0.717) is 25.0 Å². The van der Waals surface area contributed by atoms with E-state index in [1.54, 1.807) is 4.31 Å². The number of rotatable bonds is 3. The summed E-state index contributed by atoms with van der Waals surface area (Å²) in [5.74, 6) is 0.518. The fourth-order valence-corrected chi connectivity index (χ4v) is 5.04. The molecule has 0 aromatic heterocycles. The normalized spacial score (nSPS) is 38.5. The smallest absolute Gasteiger partial charge is 0.311 e. The van der Waals surface area contributed by atoms with E-state index in [0.717, 1.165) is 32.4 Å². The van der Waals surface area contributed by atoms with Crippen LogP contribution in [0.2, 0.25) is 0 Å². The van der Waals surface area contributed by atoms with E-state index in [4.69, 9.17) is 4.74 Å². The highest BCUT2D eigenvalue weighted by molar-refractivity contribution is 7.88. The Bertz CT molecular complexity index is 504. The number of fused-ring (bicyclic) bond motifs is 1. The van der Waals surface area contributed by atoms with E-state index < -0.39 is 10.0 Å². The molecule has 4 fully saturated rings. The number of sulfonamides is 1. The van der Waals surface area contributed by atoms with E-state index in [9.17, 15) is 13.2 Å². The summed E-state index contributed by atoms with van der Waals surface area (Å²) in [6.45, 7) is 2.66. The number of esters is 1. The molecule has 0 aromatic rings. The van der Waals surface area contributed by atoms with Crippen LogP contribution in [-0.2, 0) is 19.6 Å². The largest absolute Gasteiger partial charge is 0.469 e. The van der Waals surface area contributed by atoms with Gasteiger partial charge in [-0.05, 0) is 25.2 Å². The highest BCUT2D eigenvalue weighted by Crippen LogP contribution is 2.60. The van der Waals surface area contributed by atoms with E-state index in [2.05, 4.69) is 4.90 Å². The lowest BCUT2D eigenvalue weighted by Gasteiger charge is -2.39. The van der Waals surface area contributed by atoms with Crippen LogP contribution >= 0.6 is 0 Å². The molecule has 4 rings (SSSR count). The number of hydrogen-bond acceptors (Lipinski definition) is 5. The van der Waals surface area contributed by atoms with Crippen LogP contribution in [0.15, 0.2) is 0 Å². The van der Waals surface area contributed by atoms with Crippen molar-refractivity contribution < 1.29 is 17.9 Å². The van der Waals surface area contributed by atoms with Crippen LogP contribution in [0.25, 0.3) is 0 Å². The van der Waals surface area contributed by atoms with Crippen molar-refractivity contribution >= 4 is 16.0 Å². The Kier molecular flexibility index (Phi) is 3.34. The number of ether oxygens (including phenoxy) is 1. The molecule has 1 aliphatic heterocycles. The van der Waals surface area contributed by atoms with Gasteiger partial charge in [-0.3, -0.25) is 9.69 Å². The zero-order valence-electron chi connectivity index (χ0n) is 12.0. The number of carbonyl (C=O) groups is 1. The van der Waals surface area contributed by atoms with Crippen LogP contribution < -0.4 is 0 Å². The van der Waals surface area contributed by atoms with E-state index in [1.807, 2.05) is 0 Å². The third-order valence-electron chi connectivity index (χ3n) is 5.28. The van der Waals surface area contributed by atoms with Crippen molar-refractivity contribution in [3.8, 4) is 0 Å². The van der Waals surface area contributed by atoms with Gasteiger partial charge in [-0.2, -0.15) is 4.31 Å². The molecule has 7 heteroatoms. The summed E-state index contributed by atoms with van der Waals surface area (Å²) in [6.07, 6.45) is 4.03. The first kappa shape index (κ1) is 14.3. The van der Waals surface area contributed by atoms with Gasteiger partial charge >= 0.3 is 5.97 Å². The molecule has 0 radical (unpaired) electrons. The van der Waals surface area contributed by atoms with Gasteiger partial charge in [0.1, 0.15) is 0 Å². The molecule has 20 heavy (non-hydrogen) atoms. The molecule has 1 saturated heterocycles. The monoisotopic (exact) mass is 302 g/mol. The van der Waals surface area contributed by atoms with E-state index in [1.165, 1.54) is 13.4 Å². The Hall–Kier alpha value is -0.660. The first-order valence-corrected chi connectivity index (χ1v) is 8.98. The highest BCUT2D eigenvalue weighted by atomic mass is 32.2. The zero-order chi connectivity index (χ0) is 14.5. The Balaban J connectivity index is 1.60. The summed E-state index contributed by atoms with van der Waals surface area (Å²) in [7, 11) is -1.61. The molecule has 3 saturated carbocycles.